The molecular weight excluding hydrogens is 432 g/mol. The summed E-state index contributed by atoms with van der Waals surface area (Å²) < 4.78 is 6.02. The van der Waals surface area contributed by atoms with Gasteiger partial charge in [-0.3, -0.25) is 4.79 Å². The smallest absolute Gasteiger partial charge is 0.227 e. The molecule has 5 rings (SSSR count). The summed E-state index contributed by atoms with van der Waals surface area (Å²) >= 11 is 0. The van der Waals surface area contributed by atoms with Gasteiger partial charge in [-0.15, -0.1) is 0 Å². The van der Waals surface area contributed by atoms with Gasteiger partial charge >= 0.3 is 0 Å². The van der Waals surface area contributed by atoms with E-state index in [0.29, 0.717) is 19.5 Å². The van der Waals surface area contributed by atoms with Crippen molar-refractivity contribution in [2.24, 2.45) is 0 Å². The number of aromatic nitrogens is 1. The van der Waals surface area contributed by atoms with Gasteiger partial charge in [0, 0.05) is 30.2 Å². The maximum Gasteiger partial charge on any atom is 0.227 e. The molecule has 4 aromatic carbocycles. The maximum atomic E-state index is 13.4. The lowest BCUT2D eigenvalue weighted by Gasteiger charge is -2.23. The molecule has 0 unspecified atom stereocenters. The van der Waals surface area contributed by atoms with Crippen LogP contribution in [0.2, 0.25) is 0 Å². The van der Waals surface area contributed by atoms with Gasteiger partial charge in [0.1, 0.15) is 11.5 Å². The number of hydrogen-bond donors (Lipinski definition) is 1. The number of ether oxygens (including phenoxy) is 1. The first-order valence-electron chi connectivity index (χ1n) is 11.9. The van der Waals surface area contributed by atoms with Gasteiger partial charge in [0.05, 0.1) is 6.42 Å². The van der Waals surface area contributed by atoms with Gasteiger partial charge in [0.2, 0.25) is 5.91 Å². The standard InChI is InChI=1S/C31H28N2O2/c34-31(21-24-10-3-1-4-11-24)33(19-18-26-22-32-30-17-8-7-16-29(26)30)23-25-12-9-15-28(20-25)35-27-13-5-2-6-14-27/h1-17,20,22,32H,18-19,21,23H2. The molecule has 0 aliphatic rings. The molecule has 4 nitrogen and oxygen atoms in total. The molecule has 0 aliphatic heterocycles. The summed E-state index contributed by atoms with van der Waals surface area (Å²) in [6.45, 7) is 1.16. The molecular formula is C31H28N2O2. The molecule has 1 heterocycles. The zero-order chi connectivity index (χ0) is 23.9. The highest BCUT2D eigenvalue weighted by Gasteiger charge is 2.16. The predicted octanol–water partition coefficient (Wildman–Crippen LogP) is 6.77. The number of para-hydroxylation sites is 2. The summed E-state index contributed by atoms with van der Waals surface area (Å²) in [6.07, 6.45) is 3.22. The van der Waals surface area contributed by atoms with Crippen LogP contribution in [0.3, 0.4) is 0 Å². The minimum Gasteiger partial charge on any atom is -0.457 e. The molecule has 0 fully saturated rings. The molecule has 0 bridgehead atoms. The Bertz CT molecular complexity index is 1390. The number of nitrogens with one attached hydrogen (secondary N) is 1. The molecule has 1 amide bonds. The molecule has 0 saturated heterocycles. The van der Waals surface area contributed by atoms with E-state index in [9.17, 15) is 4.79 Å². The number of aromatic amines is 1. The van der Waals surface area contributed by atoms with Crippen molar-refractivity contribution in [2.75, 3.05) is 6.54 Å². The summed E-state index contributed by atoms with van der Waals surface area (Å²) in [5.41, 5.74) is 4.41. The fourth-order valence-corrected chi connectivity index (χ4v) is 4.32. The van der Waals surface area contributed by atoms with E-state index < -0.39 is 0 Å². The quantitative estimate of drug-likeness (QED) is 0.264. The monoisotopic (exact) mass is 460 g/mol. The lowest BCUT2D eigenvalue weighted by Crippen LogP contribution is -2.33. The number of carbonyl (C=O) groups excluding carboxylic acids is 1. The summed E-state index contributed by atoms with van der Waals surface area (Å²) in [7, 11) is 0. The van der Waals surface area contributed by atoms with Crippen molar-refractivity contribution in [3.05, 3.63) is 132 Å². The Morgan fingerprint density at radius 3 is 2.26 bits per heavy atom. The lowest BCUT2D eigenvalue weighted by atomic mass is 10.1. The van der Waals surface area contributed by atoms with E-state index in [0.717, 1.165) is 34.6 Å². The van der Waals surface area contributed by atoms with Gasteiger partial charge in [0.25, 0.3) is 0 Å². The third kappa shape index (κ3) is 5.79. The Kier molecular flexibility index (Phi) is 6.90. The van der Waals surface area contributed by atoms with Crippen LogP contribution in [-0.2, 0) is 24.2 Å². The zero-order valence-electron chi connectivity index (χ0n) is 19.6. The Morgan fingerprint density at radius 2 is 1.43 bits per heavy atom. The van der Waals surface area contributed by atoms with Crippen LogP contribution >= 0.6 is 0 Å². The predicted molar refractivity (Wildman–Crippen MR) is 141 cm³/mol. The normalized spacial score (nSPS) is 10.9. The zero-order valence-corrected chi connectivity index (χ0v) is 19.6. The van der Waals surface area contributed by atoms with Crippen LogP contribution in [0.4, 0.5) is 0 Å². The van der Waals surface area contributed by atoms with Crippen LogP contribution < -0.4 is 4.74 Å². The van der Waals surface area contributed by atoms with Crippen LogP contribution in [0.5, 0.6) is 11.5 Å². The van der Waals surface area contributed by atoms with E-state index >= 15 is 0 Å². The largest absolute Gasteiger partial charge is 0.457 e. The van der Waals surface area contributed by atoms with E-state index in [1.807, 2.05) is 95.9 Å². The molecule has 1 aromatic heterocycles. The van der Waals surface area contributed by atoms with Gasteiger partial charge in [-0.25, -0.2) is 0 Å². The first-order chi connectivity index (χ1) is 17.2. The molecule has 0 saturated carbocycles. The Hall–Kier alpha value is -4.31. The minimum absolute atomic E-state index is 0.116. The van der Waals surface area contributed by atoms with Crippen molar-refractivity contribution in [3.63, 3.8) is 0 Å². The minimum atomic E-state index is 0.116. The number of carbonyl (C=O) groups is 1. The molecule has 5 aromatic rings. The van der Waals surface area contributed by atoms with Crippen molar-refractivity contribution in [1.29, 1.82) is 0 Å². The number of nitrogens with zero attached hydrogens (tertiary/aromatic N) is 1. The fraction of sp³-hybridized carbons (Fsp3) is 0.129. The van der Waals surface area contributed by atoms with Gasteiger partial charge < -0.3 is 14.6 Å². The summed E-state index contributed by atoms with van der Waals surface area (Å²) in [4.78, 5) is 18.7. The topological polar surface area (TPSA) is 45.3 Å². The lowest BCUT2D eigenvalue weighted by molar-refractivity contribution is -0.131. The number of benzene rings is 4. The highest BCUT2D eigenvalue weighted by Crippen LogP contribution is 2.23. The Labute approximate surface area is 205 Å². The van der Waals surface area contributed by atoms with Gasteiger partial charge in [-0.2, -0.15) is 0 Å². The van der Waals surface area contributed by atoms with Crippen molar-refractivity contribution in [3.8, 4) is 11.5 Å². The molecule has 0 radical (unpaired) electrons. The second-order valence-corrected chi connectivity index (χ2v) is 8.65. The van der Waals surface area contributed by atoms with Gasteiger partial charge in [-0.1, -0.05) is 78.9 Å². The molecule has 4 heteroatoms. The average molecular weight is 461 g/mol. The Morgan fingerprint density at radius 1 is 0.743 bits per heavy atom. The molecule has 174 valence electrons. The molecule has 35 heavy (non-hydrogen) atoms. The number of fused-ring (bicyclic) bond motifs is 1. The number of amides is 1. The van der Waals surface area contributed by atoms with Crippen molar-refractivity contribution >= 4 is 16.8 Å². The van der Waals surface area contributed by atoms with Crippen molar-refractivity contribution in [2.45, 2.75) is 19.4 Å². The Balaban J connectivity index is 1.34. The van der Waals surface area contributed by atoms with Crippen LogP contribution in [0, 0.1) is 0 Å². The van der Waals surface area contributed by atoms with Gasteiger partial charge in [-0.05, 0) is 53.4 Å². The van der Waals surface area contributed by atoms with E-state index in [4.69, 9.17) is 4.74 Å². The number of H-pyrrole nitrogens is 1. The van der Waals surface area contributed by atoms with E-state index in [1.165, 1.54) is 10.9 Å². The van der Waals surface area contributed by atoms with E-state index in [2.05, 4.69) is 29.4 Å². The van der Waals surface area contributed by atoms with Gasteiger partial charge in [0.15, 0.2) is 0 Å². The SMILES string of the molecule is O=C(Cc1ccccc1)N(CCc1c[nH]c2ccccc12)Cc1cccc(Oc2ccccc2)c1. The second-order valence-electron chi connectivity index (χ2n) is 8.65. The third-order valence-electron chi connectivity index (χ3n) is 6.13. The van der Waals surface area contributed by atoms with Crippen LogP contribution in [0.25, 0.3) is 10.9 Å². The fourth-order valence-electron chi connectivity index (χ4n) is 4.32. The summed E-state index contributed by atoms with van der Waals surface area (Å²) in [5.74, 6) is 1.67. The summed E-state index contributed by atoms with van der Waals surface area (Å²) in [6, 6.07) is 35.9. The number of hydrogen-bond acceptors (Lipinski definition) is 2. The average Bonchev–Trinajstić information content (AvgIpc) is 3.31. The maximum absolute atomic E-state index is 13.4. The highest BCUT2D eigenvalue weighted by atomic mass is 16.5. The number of rotatable bonds is 9. The van der Waals surface area contributed by atoms with Crippen molar-refractivity contribution in [1.82, 2.24) is 9.88 Å². The van der Waals surface area contributed by atoms with E-state index in [-0.39, 0.29) is 5.91 Å². The second kappa shape index (κ2) is 10.7. The van der Waals surface area contributed by atoms with Crippen molar-refractivity contribution < 1.29 is 9.53 Å². The highest BCUT2D eigenvalue weighted by molar-refractivity contribution is 5.83. The molecule has 0 spiro atoms. The first-order valence-corrected chi connectivity index (χ1v) is 11.9. The van der Waals surface area contributed by atoms with Crippen LogP contribution in [0.15, 0.2) is 115 Å². The summed E-state index contributed by atoms with van der Waals surface area (Å²) in [5, 5.41) is 1.21. The van der Waals surface area contributed by atoms with Crippen LogP contribution in [-0.4, -0.2) is 22.3 Å². The molecule has 0 atom stereocenters. The molecule has 0 aliphatic carbocycles. The van der Waals surface area contributed by atoms with E-state index in [1.54, 1.807) is 0 Å². The molecule has 1 N–H and O–H groups in total. The van der Waals surface area contributed by atoms with Crippen LogP contribution in [0.1, 0.15) is 16.7 Å². The first kappa shape index (κ1) is 22.5. The third-order valence-corrected chi connectivity index (χ3v) is 6.13.